The third-order valence-corrected chi connectivity index (χ3v) is 5.78. The van der Waals surface area contributed by atoms with Crippen molar-refractivity contribution in [3.05, 3.63) is 34.6 Å². The van der Waals surface area contributed by atoms with Crippen LogP contribution in [0, 0.1) is 5.82 Å². The molecule has 0 saturated carbocycles. The molecule has 2 aliphatic heterocycles. The summed E-state index contributed by atoms with van der Waals surface area (Å²) >= 11 is 6.05. The Bertz CT molecular complexity index is 701. The standard InChI is InChI=1S/C20H28ClFN4O3/c1-23(13-16-17(21)3-2-4-18(16)22)19(27)14-24-5-7-26(8-6-24)20(28)15-25-9-11-29-12-10-25/h2-4H,5-15H2,1H3. The zero-order chi connectivity index (χ0) is 20.8. The summed E-state index contributed by atoms with van der Waals surface area (Å²) in [6.45, 7) is 6.24. The maximum atomic E-state index is 13.9. The molecular formula is C20H28ClFN4O3. The number of likely N-dealkylation sites (N-methyl/N-ethyl adjacent to an activating group) is 1. The first-order valence-corrected chi connectivity index (χ1v) is 10.3. The molecule has 29 heavy (non-hydrogen) atoms. The van der Waals surface area contributed by atoms with Gasteiger partial charge in [-0.2, -0.15) is 0 Å². The van der Waals surface area contributed by atoms with E-state index in [0.29, 0.717) is 56.5 Å². The minimum Gasteiger partial charge on any atom is -0.379 e. The van der Waals surface area contributed by atoms with Gasteiger partial charge in [0.15, 0.2) is 0 Å². The normalized spacial score (nSPS) is 18.7. The SMILES string of the molecule is CN(Cc1c(F)cccc1Cl)C(=O)CN1CCN(C(=O)CN2CCOCC2)CC1. The second-order valence-corrected chi connectivity index (χ2v) is 7.90. The molecule has 0 spiro atoms. The summed E-state index contributed by atoms with van der Waals surface area (Å²) in [6, 6.07) is 4.50. The second kappa shape index (κ2) is 10.3. The van der Waals surface area contributed by atoms with Crippen LogP contribution in [0.3, 0.4) is 0 Å². The lowest BCUT2D eigenvalue weighted by molar-refractivity contribution is -0.136. The van der Waals surface area contributed by atoms with E-state index < -0.39 is 5.82 Å². The molecule has 0 radical (unpaired) electrons. The Morgan fingerprint density at radius 1 is 1.07 bits per heavy atom. The summed E-state index contributed by atoms with van der Waals surface area (Å²) in [6.07, 6.45) is 0. The number of morpholine rings is 1. The van der Waals surface area contributed by atoms with Gasteiger partial charge in [0.2, 0.25) is 11.8 Å². The van der Waals surface area contributed by atoms with E-state index in [0.717, 1.165) is 13.1 Å². The molecule has 2 saturated heterocycles. The molecule has 2 amide bonds. The highest BCUT2D eigenvalue weighted by molar-refractivity contribution is 6.31. The molecule has 0 unspecified atom stereocenters. The number of carbonyl (C=O) groups is 2. The van der Waals surface area contributed by atoms with Gasteiger partial charge in [-0.05, 0) is 12.1 Å². The first-order chi connectivity index (χ1) is 13.9. The Morgan fingerprint density at radius 2 is 1.72 bits per heavy atom. The molecule has 0 bridgehead atoms. The monoisotopic (exact) mass is 426 g/mol. The Morgan fingerprint density at radius 3 is 2.38 bits per heavy atom. The molecule has 0 atom stereocenters. The van der Waals surface area contributed by atoms with Gasteiger partial charge in [0.25, 0.3) is 0 Å². The molecule has 2 fully saturated rings. The number of benzene rings is 1. The maximum Gasteiger partial charge on any atom is 0.236 e. The average Bonchev–Trinajstić information content (AvgIpc) is 2.72. The maximum absolute atomic E-state index is 13.9. The van der Waals surface area contributed by atoms with Gasteiger partial charge in [0, 0.05) is 63.4 Å². The largest absolute Gasteiger partial charge is 0.379 e. The quantitative estimate of drug-likeness (QED) is 0.677. The fourth-order valence-electron chi connectivity index (χ4n) is 3.53. The van der Waals surface area contributed by atoms with Crippen molar-refractivity contribution in [2.24, 2.45) is 0 Å². The van der Waals surface area contributed by atoms with Crippen LogP contribution in [-0.2, 0) is 20.9 Å². The molecular weight excluding hydrogens is 399 g/mol. The number of halogens is 2. The Balaban J connectivity index is 1.42. The first kappa shape index (κ1) is 22.0. The van der Waals surface area contributed by atoms with Crippen LogP contribution in [0.15, 0.2) is 18.2 Å². The molecule has 1 aromatic carbocycles. The number of piperazine rings is 1. The summed E-state index contributed by atoms with van der Waals surface area (Å²) < 4.78 is 19.2. The van der Waals surface area contributed by atoms with E-state index in [1.165, 1.54) is 11.0 Å². The van der Waals surface area contributed by atoms with Gasteiger partial charge in [0.05, 0.1) is 26.3 Å². The second-order valence-electron chi connectivity index (χ2n) is 7.50. The Labute approximate surface area is 175 Å². The molecule has 0 aliphatic carbocycles. The molecule has 7 nitrogen and oxygen atoms in total. The van der Waals surface area contributed by atoms with Crippen LogP contribution in [0.2, 0.25) is 5.02 Å². The lowest BCUT2D eigenvalue weighted by atomic mass is 10.2. The van der Waals surface area contributed by atoms with Crippen LogP contribution in [0.25, 0.3) is 0 Å². The van der Waals surface area contributed by atoms with Crippen molar-refractivity contribution in [2.75, 3.05) is 72.6 Å². The van der Waals surface area contributed by atoms with E-state index >= 15 is 0 Å². The fourth-order valence-corrected chi connectivity index (χ4v) is 3.75. The minimum atomic E-state index is -0.412. The third-order valence-electron chi connectivity index (χ3n) is 5.43. The topological polar surface area (TPSA) is 56.3 Å². The summed E-state index contributed by atoms with van der Waals surface area (Å²) in [7, 11) is 1.65. The highest BCUT2D eigenvalue weighted by Crippen LogP contribution is 2.20. The van der Waals surface area contributed by atoms with Gasteiger partial charge >= 0.3 is 0 Å². The molecule has 3 rings (SSSR count). The van der Waals surface area contributed by atoms with Crippen molar-refractivity contribution in [2.45, 2.75) is 6.54 Å². The molecule has 2 heterocycles. The lowest BCUT2D eigenvalue weighted by Crippen LogP contribution is -2.53. The zero-order valence-electron chi connectivity index (χ0n) is 16.8. The summed E-state index contributed by atoms with van der Waals surface area (Å²) in [5.41, 5.74) is 0.323. The van der Waals surface area contributed by atoms with Crippen LogP contribution < -0.4 is 0 Å². The smallest absolute Gasteiger partial charge is 0.236 e. The molecule has 9 heteroatoms. The summed E-state index contributed by atoms with van der Waals surface area (Å²) in [5, 5.41) is 0.317. The van der Waals surface area contributed by atoms with Gasteiger partial charge in [-0.25, -0.2) is 4.39 Å². The highest BCUT2D eigenvalue weighted by Gasteiger charge is 2.25. The third kappa shape index (κ3) is 6.12. The Hall–Kier alpha value is -1.74. The number of rotatable bonds is 6. The van der Waals surface area contributed by atoms with Gasteiger partial charge < -0.3 is 14.5 Å². The van der Waals surface area contributed by atoms with Crippen LogP contribution in [0.1, 0.15) is 5.56 Å². The average molecular weight is 427 g/mol. The van der Waals surface area contributed by atoms with Crippen molar-refractivity contribution in [1.82, 2.24) is 19.6 Å². The first-order valence-electron chi connectivity index (χ1n) is 9.91. The van der Waals surface area contributed by atoms with E-state index in [1.807, 2.05) is 9.80 Å². The van der Waals surface area contributed by atoms with Crippen LogP contribution in [-0.4, -0.2) is 104 Å². The van der Waals surface area contributed by atoms with Gasteiger partial charge in [0.1, 0.15) is 5.82 Å². The summed E-state index contributed by atoms with van der Waals surface area (Å²) in [4.78, 5) is 32.5. The van der Waals surface area contributed by atoms with Crippen LogP contribution >= 0.6 is 11.6 Å². The lowest BCUT2D eigenvalue weighted by Gasteiger charge is -2.36. The molecule has 160 valence electrons. The molecule has 0 N–H and O–H groups in total. The highest BCUT2D eigenvalue weighted by atomic mass is 35.5. The van der Waals surface area contributed by atoms with Crippen LogP contribution in [0.5, 0.6) is 0 Å². The van der Waals surface area contributed by atoms with E-state index in [4.69, 9.17) is 16.3 Å². The van der Waals surface area contributed by atoms with E-state index in [2.05, 4.69) is 4.90 Å². The number of ether oxygens (including phenoxy) is 1. The van der Waals surface area contributed by atoms with Crippen molar-refractivity contribution < 1.29 is 18.7 Å². The van der Waals surface area contributed by atoms with Crippen molar-refractivity contribution >= 4 is 23.4 Å². The fraction of sp³-hybridized carbons (Fsp3) is 0.600. The van der Waals surface area contributed by atoms with E-state index in [-0.39, 0.29) is 24.9 Å². The van der Waals surface area contributed by atoms with E-state index in [1.54, 1.807) is 19.2 Å². The number of nitrogens with zero attached hydrogens (tertiary/aromatic N) is 4. The molecule has 2 aliphatic rings. The van der Waals surface area contributed by atoms with Crippen LogP contribution in [0.4, 0.5) is 4.39 Å². The predicted molar refractivity (Wildman–Crippen MR) is 108 cm³/mol. The van der Waals surface area contributed by atoms with Gasteiger partial charge in [-0.15, -0.1) is 0 Å². The number of carbonyl (C=O) groups excluding carboxylic acids is 2. The number of hydrogen-bond donors (Lipinski definition) is 0. The van der Waals surface area contributed by atoms with Gasteiger partial charge in [-0.3, -0.25) is 19.4 Å². The van der Waals surface area contributed by atoms with Crippen molar-refractivity contribution in [1.29, 1.82) is 0 Å². The van der Waals surface area contributed by atoms with Crippen molar-refractivity contribution in [3.8, 4) is 0 Å². The minimum absolute atomic E-state index is 0.0996. The van der Waals surface area contributed by atoms with E-state index in [9.17, 15) is 14.0 Å². The van der Waals surface area contributed by atoms with Crippen molar-refractivity contribution in [3.63, 3.8) is 0 Å². The van der Waals surface area contributed by atoms with Gasteiger partial charge in [-0.1, -0.05) is 17.7 Å². The Kier molecular flexibility index (Phi) is 7.83. The predicted octanol–water partition coefficient (Wildman–Crippen LogP) is 0.914. The molecule has 1 aromatic rings. The number of amides is 2. The zero-order valence-corrected chi connectivity index (χ0v) is 17.5. The number of hydrogen-bond acceptors (Lipinski definition) is 5. The summed E-state index contributed by atoms with van der Waals surface area (Å²) in [5.74, 6) is -0.383. The molecule has 0 aromatic heterocycles.